The molecule has 90 valence electrons. The molecule has 16 heavy (non-hydrogen) atoms. The number of nitrogen functional groups attached to an aromatic ring is 1. The second-order valence-corrected chi connectivity index (χ2v) is 5.40. The van der Waals surface area contributed by atoms with Crippen molar-refractivity contribution < 1.29 is 0 Å². The molecule has 0 aromatic carbocycles. The first-order valence-electron chi connectivity index (χ1n) is 5.52. The van der Waals surface area contributed by atoms with Crippen LogP contribution in [0.5, 0.6) is 0 Å². The first-order chi connectivity index (χ1) is 7.76. The normalized spacial score (nSPS) is 18.0. The SMILES string of the molecule is CCN1CCN(c2snc(N)c2SC)CC1. The smallest absolute Gasteiger partial charge is 0.153 e. The Bertz CT molecular complexity index is 345. The first kappa shape index (κ1) is 12.0. The summed E-state index contributed by atoms with van der Waals surface area (Å²) in [5.41, 5.74) is 5.85. The van der Waals surface area contributed by atoms with Crippen LogP contribution in [0.3, 0.4) is 0 Å². The Hall–Kier alpha value is -0.460. The van der Waals surface area contributed by atoms with E-state index in [9.17, 15) is 0 Å². The molecule has 0 amide bonds. The molecule has 2 N–H and O–H groups in total. The zero-order valence-corrected chi connectivity index (χ0v) is 11.4. The van der Waals surface area contributed by atoms with E-state index < -0.39 is 0 Å². The van der Waals surface area contributed by atoms with Gasteiger partial charge in [0.15, 0.2) is 5.82 Å². The van der Waals surface area contributed by atoms with Gasteiger partial charge in [-0.25, -0.2) is 0 Å². The number of anilines is 2. The molecule has 0 unspecified atom stereocenters. The third-order valence-electron chi connectivity index (χ3n) is 2.97. The Labute approximate surface area is 105 Å². The zero-order valence-electron chi connectivity index (χ0n) is 9.77. The lowest BCUT2D eigenvalue weighted by Crippen LogP contribution is -2.46. The number of nitrogens with two attached hydrogens (primary N) is 1. The van der Waals surface area contributed by atoms with Crippen molar-refractivity contribution in [2.24, 2.45) is 0 Å². The van der Waals surface area contributed by atoms with Crippen LogP contribution >= 0.6 is 23.3 Å². The highest BCUT2D eigenvalue weighted by atomic mass is 32.2. The van der Waals surface area contributed by atoms with Gasteiger partial charge in [-0.05, 0) is 24.3 Å². The van der Waals surface area contributed by atoms with Crippen LogP contribution in [0.25, 0.3) is 0 Å². The van der Waals surface area contributed by atoms with Gasteiger partial charge in [0.05, 0.1) is 4.90 Å². The Morgan fingerprint density at radius 3 is 2.62 bits per heavy atom. The van der Waals surface area contributed by atoms with E-state index in [-0.39, 0.29) is 0 Å². The predicted octanol–water partition coefficient (Wildman–Crippen LogP) is 1.59. The molecule has 1 saturated heterocycles. The number of thioether (sulfide) groups is 1. The third-order valence-corrected chi connectivity index (χ3v) is 4.83. The standard InChI is InChI=1S/C10H18N4S2/c1-3-13-4-6-14(7-5-13)10-8(15-2)9(11)12-16-10/h3-7H2,1-2H3,(H2,11,12). The van der Waals surface area contributed by atoms with Gasteiger partial charge in [-0.15, -0.1) is 11.8 Å². The lowest BCUT2D eigenvalue weighted by Gasteiger charge is -2.34. The van der Waals surface area contributed by atoms with Crippen LogP contribution < -0.4 is 10.6 Å². The molecule has 0 bridgehead atoms. The summed E-state index contributed by atoms with van der Waals surface area (Å²) in [4.78, 5) is 6.03. The second kappa shape index (κ2) is 5.25. The van der Waals surface area contributed by atoms with Crippen LogP contribution in [0.15, 0.2) is 4.90 Å². The maximum Gasteiger partial charge on any atom is 0.153 e. The van der Waals surface area contributed by atoms with Gasteiger partial charge in [-0.1, -0.05) is 6.92 Å². The molecule has 6 heteroatoms. The molecule has 1 aromatic heterocycles. The summed E-state index contributed by atoms with van der Waals surface area (Å²) in [6, 6.07) is 0. The Balaban J connectivity index is 2.08. The van der Waals surface area contributed by atoms with Crippen molar-refractivity contribution in [3.05, 3.63) is 0 Å². The van der Waals surface area contributed by atoms with E-state index in [1.54, 1.807) is 11.8 Å². The molecular weight excluding hydrogens is 240 g/mol. The molecule has 4 nitrogen and oxygen atoms in total. The predicted molar refractivity (Wildman–Crippen MR) is 72.6 cm³/mol. The molecule has 2 rings (SSSR count). The van der Waals surface area contributed by atoms with E-state index in [0.717, 1.165) is 37.6 Å². The van der Waals surface area contributed by atoms with Crippen molar-refractivity contribution in [2.45, 2.75) is 11.8 Å². The Kier molecular flexibility index (Phi) is 3.94. The molecule has 0 atom stereocenters. The quantitative estimate of drug-likeness (QED) is 0.834. The van der Waals surface area contributed by atoms with Crippen molar-refractivity contribution in [2.75, 3.05) is 49.6 Å². The summed E-state index contributed by atoms with van der Waals surface area (Å²) >= 11 is 3.22. The monoisotopic (exact) mass is 258 g/mol. The fourth-order valence-corrected chi connectivity index (χ4v) is 3.69. The fraction of sp³-hybridized carbons (Fsp3) is 0.700. The minimum absolute atomic E-state index is 0.686. The molecule has 1 aliphatic heterocycles. The molecule has 0 aliphatic carbocycles. The Morgan fingerprint density at radius 2 is 2.06 bits per heavy atom. The molecule has 2 heterocycles. The zero-order chi connectivity index (χ0) is 11.5. The number of nitrogens with zero attached hydrogens (tertiary/aromatic N) is 3. The van der Waals surface area contributed by atoms with Gasteiger partial charge in [-0.3, -0.25) is 0 Å². The number of aromatic nitrogens is 1. The number of hydrogen-bond acceptors (Lipinski definition) is 6. The van der Waals surface area contributed by atoms with E-state index in [0.29, 0.717) is 5.82 Å². The average molecular weight is 258 g/mol. The van der Waals surface area contributed by atoms with Crippen LogP contribution in [0.4, 0.5) is 10.8 Å². The van der Waals surface area contributed by atoms with Gasteiger partial charge in [0.25, 0.3) is 0 Å². The molecular formula is C10H18N4S2. The summed E-state index contributed by atoms with van der Waals surface area (Å²) in [5.74, 6) is 0.686. The van der Waals surface area contributed by atoms with Gasteiger partial charge in [0.1, 0.15) is 5.00 Å². The number of rotatable bonds is 3. The molecule has 0 radical (unpaired) electrons. The van der Waals surface area contributed by atoms with Crippen LogP contribution in [-0.2, 0) is 0 Å². The van der Waals surface area contributed by atoms with Crippen molar-refractivity contribution in [1.82, 2.24) is 9.27 Å². The lowest BCUT2D eigenvalue weighted by molar-refractivity contribution is 0.271. The van der Waals surface area contributed by atoms with E-state index in [1.165, 1.54) is 16.5 Å². The topological polar surface area (TPSA) is 45.4 Å². The van der Waals surface area contributed by atoms with Gasteiger partial charge < -0.3 is 15.5 Å². The van der Waals surface area contributed by atoms with E-state index in [2.05, 4.69) is 27.4 Å². The summed E-state index contributed by atoms with van der Waals surface area (Å²) in [6.07, 6.45) is 2.06. The molecule has 0 saturated carbocycles. The van der Waals surface area contributed by atoms with Gasteiger partial charge in [-0.2, -0.15) is 4.37 Å². The van der Waals surface area contributed by atoms with Crippen LogP contribution in [-0.4, -0.2) is 48.3 Å². The fourth-order valence-electron chi connectivity index (χ4n) is 1.95. The van der Waals surface area contributed by atoms with Gasteiger partial charge in [0, 0.05) is 26.2 Å². The van der Waals surface area contributed by atoms with Crippen molar-refractivity contribution in [3.8, 4) is 0 Å². The maximum atomic E-state index is 5.85. The Morgan fingerprint density at radius 1 is 1.38 bits per heavy atom. The first-order valence-corrected chi connectivity index (χ1v) is 7.52. The minimum atomic E-state index is 0.686. The number of likely N-dealkylation sites (N-methyl/N-ethyl adjacent to an activating group) is 1. The van der Waals surface area contributed by atoms with Gasteiger partial charge in [0.2, 0.25) is 0 Å². The molecule has 1 aromatic rings. The molecule has 1 aliphatic rings. The maximum absolute atomic E-state index is 5.85. The number of piperazine rings is 1. The molecule has 0 spiro atoms. The summed E-state index contributed by atoms with van der Waals surface area (Å²) in [6.45, 7) is 7.82. The van der Waals surface area contributed by atoms with E-state index >= 15 is 0 Å². The molecule has 1 fully saturated rings. The summed E-state index contributed by atoms with van der Waals surface area (Å²) in [7, 11) is 0. The lowest BCUT2D eigenvalue weighted by atomic mass is 10.3. The van der Waals surface area contributed by atoms with Gasteiger partial charge >= 0.3 is 0 Å². The van der Waals surface area contributed by atoms with Crippen molar-refractivity contribution in [1.29, 1.82) is 0 Å². The van der Waals surface area contributed by atoms with Crippen LogP contribution in [0.2, 0.25) is 0 Å². The highest BCUT2D eigenvalue weighted by molar-refractivity contribution is 7.99. The second-order valence-electron chi connectivity index (χ2n) is 3.83. The largest absolute Gasteiger partial charge is 0.382 e. The minimum Gasteiger partial charge on any atom is -0.382 e. The number of hydrogen-bond donors (Lipinski definition) is 1. The summed E-state index contributed by atoms with van der Waals surface area (Å²) < 4.78 is 4.25. The highest BCUT2D eigenvalue weighted by Gasteiger charge is 2.21. The highest BCUT2D eigenvalue weighted by Crippen LogP contribution is 2.37. The average Bonchev–Trinajstić information content (AvgIpc) is 2.70. The summed E-state index contributed by atoms with van der Waals surface area (Å²) in [5, 5.41) is 1.25. The van der Waals surface area contributed by atoms with E-state index in [4.69, 9.17) is 5.73 Å². The van der Waals surface area contributed by atoms with Crippen LogP contribution in [0.1, 0.15) is 6.92 Å². The van der Waals surface area contributed by atoms with Crippen molar-refractivity contribution in [3.63, 3.8) is 0 Å². The van der Waals surface area contributed by atoms with Crippen LogP contribution in [0, 0.1) is 0 Å². The third kappa shape index (κ3) is 2.28. The van der Waals surface area contributed by atoms with Crippen molar-refractivity contribution >= 4 is 34.1 Å². The van der Waals surface area contributed by atoms with E-state index in [1.807, 2.05) is 0 Å².